The molecule has 0 saturated carbocycles. The maximum absolute atomic E-state index is 5.05. The lowest BCUT2D eigenvalue weighted by Crippen LogP contribution is -2.27. The zero-order chi connectivity index (χ0) is 11.8. The molecule has 0 spiro atoms. The van der Waals surface area contributed by atoms with Crippen LogP contribution in [0.4, 0.5) is 0 Å². The molecule has 4 nitrogen and oxygen atoms in total. The van der Waals surface area contributed by atoms with Crippen molar-refractivity contribution in [3.63, 3.8) is 0 Å². The van der Waals surface area contributed by atoms with E-state index in [0.29, 0.717) is 6.04 Å². The first-order valence-corrected chi connectivity index (χ1v) is 6.01. The molecule has 1 rings (SSSR count). The van der Waals surface area contributed by atoms with Crippen molar-refractivity contribution in [2.75, 3.05) is 13.7 Å². The number of aromatic nitrogens is 2. The Balaban J connectivity index is 2.32. The van der Waals surface area contributed by atoms with Crippen LogP contribution in [0.3, 0.4) is 0 Å². The van der Waals surface area contributed by atoms with Crippen LogP contribution in [-0.2, 0) is 17.8 Å². The third-order valence-electron chi connectivity index (χ3n) is 2.63. The molecule has 0 amide bonds. The predicted octanol–water partition coefficient (Wildman–Crippen LogP) is 1.81. The number of methoxy groups -OCH3 is 1. The predicted molar refractivity (Wildman–Crippen MR) is 65.3 cm³/mol. The normalized spacial score (nSPS) is 12.9. The monoisotopic (exact) mass is 225 g/mol. The summed E-state index contributed by atoms with van der Waals surface area (Å²) in [6.07, 6.45) is 4.03. The third-order valence-corrected chi connectivity index (χ3v) is 2.63. The van der Waals surface area contributed by atoms with E-state index >= 15 is 0 Å². The summed E-state index contributed by atoms with van der Waals surface area (Å²) in [7, 11) is 1.74. The summed E-state index contributed by atoms with van der Waals surface area (Å²) in [6, 6.07) is 2.55. The molecule has 92 valence electrons. The molecule has 0 aliphatic heterocycles. The summed E-state index contributed by atoms with van der Waals surface area (Å²) < 4.78 is 7.12. The fourth-order valence-corrected chi connectivity index (χ4v) is 1.60. The molecule has 1 heterocycles. The molecule has 4 heteroatoms. The Morgan fingerprint density at radius 3 is 3.06 bits per heavy atom. The van der Waals surface area contributed by atoms with E-state index in [9.17, 15) is 0 Å². The summed E-state index contributed by atoms with van der Waals surface area (Å²) in [5, 5.41) is 7.78. The van der Waals surface area contributed by atoms with Crippen molar-refractivity contribution in [2.24, 2.45) is 0 Å². The van der Waals surface area contributed by atoms with Crippen molar-refractivity contribution >= 4 is 0 Å². The molecule has 0 aromatic carbocycles. The van der Waals surface area contributed by atoms with Crippen LogP contribution in [0.1, 0.15) is 32.4 Å². The van der Waals surface area contributed by atoms with E-state index in [1.54, 1.807) is 7.11 Å². The van der Waals surface area contributed by atoms with Crippen molar-refractivity contribution < 1.29 is 4.74 Å². The van der Waals surface area contributed by atoms with Crippen molar-refractivity contribution in [1.29, 1.82) is 0 Å². The average molecular weight is 225 g/mol. The number of ether oxygens (including phenoxy) is 1. The Hall–Kier alpha value is -0.870. The Morgan fingerprint density at radius 1 is 1.56 bits per heavy atom. The topological polar surface area (TPSA) is 39.1 Å². The van der Waals surface area contributed by atoms with E-state index in [0.717, 1.165) is 32.5 Å². The molecular formula is C12H23N3O. The number of rotatable bonds is 8. The van der Waals surface area contributed by atoms with Gasteiger partial charge >= 0.3 is 0 Å². The highest BCUT2D eigenvalue weighted by Crippen LogP contribution is 2.01. The Bertz CT molecular complexity index is 286. The van der Waals surface area contributed by atoms with Gasteiger partial charge in [-0.05, 0) is 25.8 Å². The van der Waals surface area contributed by atoms with E-state index in [4.69, 9.17) is 4.74 Å². The van der Waals surface area contributed by atoms with Gasteiger partial charge in [-0.25, -0.2) is 0 Å². The summed E-state index contributed by atoms with van der Waals surface area (Å²) in [6.45, 7) is 7.03. The minimum Gasteiger partial charge on any atom is -0.385 e. The van der Waals surface area contributed by atoms with E-state index in [2.05, 4.69) is 35.0 Å². The quantitative estimate of drug-likeness (QED) is 0.733. The number of nitrogens with zero attached hydrogens (tertiary/aromatic N) is 2. The first-order chi connectivity index (χ1) is 7.77. The van der Waals surface area contributed by atoms with Crippen molar-refractivity contribution in [3.05, 3.63) is 18.0 Å². The molecule has 1 aromatic heterocycles. The highest BCUT2D eigenvalue weighted by atomic mass is 16.5. The standard InChI is InChI=1S/C12H23N3O/c1-4-8-15-12(5-7-14-15)10-13-11(2)6-9-16-3/h5,7,11,13H,4,6,8-10H2,1-3H3. The molecule has 1 N–H and O–H groups in total. The van der Waals surface area contributed by atoms with Crippen LogP contribution in [0.25, 0.3) is 0 Å². The fourth-order valence-electron chi connectivity index (χ4n) is 1.60. The molecule has 0 aliphatic rings. The molecule has 1 unspecified atom stereocenters. The van der Waals surface area contributed by atoms with Crippen LogP contribution >= 0.6 is 0 Å². The van der Waals surface area contributed by atoms with Crippen LogP contribution in [0, 0.1) is 0 Å². The van der Waals surface area contributed by atoms with Crippen molar-refractivity contribution in [3.8, 4) is 0 Å². The summed E-state index contributed by atoms with van der Waals surface area (Å²) in [5.74, 6) is 0. The second kappa shape index (κ2) is 7.41. The molecule has 0 aliphatic carbocycles. The van der Waals surface area contributed by atoms with E-state index in [1.807, 2.05) is 6.20 Å². The van der Waals surface area contributed by atoms with Crippen LogP contribution in [0.5, 0.6) is 0 Å². The van der Waals surface area contributed by atoms with Crippen LogP contribution < -0.4 is 5.32 Å². The maximum atomic E-state index is 5.05. The number of aryl methyl sites for hydroxylation is 1. The van der Waals surface area contributed by atoms with E-state index in [1.165, 1.54) is 5.69 Å². The minimum absolute atomic E-state index is 0.477. The average Bonchev–Trinajstić information content (AvgIpc) is 2.72. The lowest BCUT2D eigenvalue weighted by Gasteiger charge is -2.13. The van der Waals surface area contributed by atoms with Crippen LogP contribution in [0.15, 0.2) is 12.3 Å². The van der Waals surface area contributed by atoms with Crippen LogP contribution in [-0.4, -0.2) is 29.5 Å². The summed E-state index contributed by atoms with van der Waals surface area (Å²) >= 11 is 0. The molecule has 1 atom stereocenters. The number of hydrogen-bond donors (Lipinski definition) is 1. The molecule has 1 aromatic rings. The van der Waals surface area contributed by atoms with Gasteiger partial charge in [0, 0.05) is 39.0 Å². The van der Waals surface area contributed by atoms with Gasteiger partial charge in [-0.2, -0.15) is 5.10 Å². The maximum Gasteiger partial charge on any atom is 0.0522 e. The first kappa shape index (κ1) is 13.2. The molecule has 0 bridgehead atoms. The molecule has 0 radical (unpaired) electrons. The Labute approximate surface area is 98.0 Å². The van der Waals surface area contributed by atoms with Gasteiger partial charge in [-0.3, -0.25) is 4.68 Å². The second-order valence-corrected chi connectivity index (χ2v) is 4.11. The molecule has 0 fully saturated rings. The summed E-state index contributed by atoms with van der Waals surface area (Å²) in [4.78, 5) is 0. The highest BCUT2D eigenvalue weighted by Gasteiger charge is 2.04. The second-order valence-electron chi connectivity index (χ2n) is 4.11. The van der Waals surface area contributed by atoms with E-state index < -0.39 is 0 Å². The number of nitrogens with one attached hydrogen (secondary N) is 1. The van der Waals surface area contributed by atoms with Gasteiger partial charge in [-0.1, -0.05) is 6.92 Å². The summed E-state index contributed by atoms with van der Waals surface area (Å²) in [5.41, 5.74) is 1.26. The van der Waals surface area contributed by atoms with Crippen LogP contribution in [0.2, 0.25) is 0 Å². The zero-order valence-corrected chi connectivity index (χ0v) is 10.6. The van der Waals surface area contributed by atoms with Crippen molar-refractivity contribution in [2.45, 2.75) is 45.8 Å². The lowest BCUT2D eigenvalue weighted by atomic mass is 10.2. The Morgan fingerprint density at radius 2 is 2.38 bits per heavy atom. The lowest BCUT2D eigenvalue weighted by molar-refractivity contribution is 0.184. The third kappa shape index (κ3) is 4.33. The molecule has 0 saturated heterocycles. The van der Waals surface area contributed by atoms with Crippen molar-refractivity contribution in [1.82, 2.24) is 15.1 Å². The Kier molecular flexibility index (Phi) is 6.11. The van der Waals surface area contributed by atoms with Gasteiger partial charge in [0.25, 0.3) is 0 Å². The fraction of sp³-hybridized carbons (Fsp3) is 0.750. The SMILES string of the molecule is CCCn1nccc1CNC(C)CCOC. The van der Waals surface area contributed by atoms with Gasteiger partial charge in [0.15, 0.2) is 0 Å². The van der Waals surface area contributed by atoms with Gasteiger partial charge in [-0.15, -0.1) is 0 Å². The van der Waals surface area contributed by atoms with Gasteiger partial charge in [0.2, 0.25) is 0 Å². The number of hydrogen-bond acceptors (Lipinski definition) is 3. The van der Waals surface area contributed by atoms with Gasteiger partial charge < -0.3 is 10.1 Å². The largest absolute Gasteiger partial charge is 0.385 e. The van der Waals surface area contributed by atoms with Gasteiger partial charge in [0.05, 0.1) is 5.69 Å². The van der Waals surface area contributed by atoms with Gasteiger partial charge in [0.1, 0.15) is 0 Å². The minimum atomic E-state index is 0.477. The molecular weight excluding hydrogens is 202 g/mol. The molecule has 16 heavy (non-hydrogen) atoms. The smallest absolute Gasteiger partial charge is 0.0522 e. The first-order valence-electron chi connectivity index (χ1n) is 6.01. The highest BCUT2D eigenvalue weighted by molar-refractivity contribution is 5.00. The van der Waals surface area contributed by atoms with E-state index in [-0.39, 0.29) is 0 Å². The zero-order valence-electron chi connectivity index (χ0n) is 10.6.